The van der Waals surface area contributed by atoms with Gasteiger partial charge in [-0.25, -0.2) is 18.6 Å². The van der Waals surface area contributed by atoms with Crippen molar-refractivity contribution < 1.29 is 36.3 Å². The number of hydrogen-bond donors (Lipinski definition) is 2. The zero-order chi connectivity index (χ0) is 23.8. The average Bonchev–Trinajstić information content (AvgIpc) is 3.10. The lowest BCUT2D eigenvalue weighted by Gasteiger charge is -2.38. The van der Waals surface area contributed by atoms with Gasteiger partial charge < -0.3 is 20.3 Å². The van der Waals surface area contributed by atoms with Gasteiger partial charge in [-0.2, -0.15) is 13.2 Å². The van der Waals surface area contributed by atoms with Crippen LogP contribution in [0.3, 0.4) is 0 Å². The zero-order valence-corrected chi connectivity index (χ0v) is 18.2. The molecule has 1 atom stereocenters. The summed E-state index contributed by atoms with van der Waals surface area (Å²) in [5.74, 6) is -4.50. The van der Waals surface area contributed by atoms with Crippen LogP contribution in [0.15, 0.2) is 11.4 Å². The van der Waals surface area contributed by atoms with Crippen LogP contribution in [-0.2, 0) is 10.9 Å². The van der Waals surface area contributed by atoms with Crippen molar-refractivity contribution in [2.45, 2.75) is 44.5 Å². The Balaban J connectivity index is 1.94. The number of fused-ring (bicyclic) bond motifs is 1. The maximum Gasteiger partial charge on any atom is 0.417 e. The van der Waals surface area contributed by atoms with Crippen LogP contribution in [0.5, 0.6) is 0 Å². The second kappa shape index (κ2) is 8.68. The highest BCUT2D eigenvalue weighted by molar-refractivity contribution is 7.17. The molecule has 3 rings (SSSR count). The molecule has 0 spiro atoms. The number of halogens is 5. The van der Waals surface area contributed by atoms with E-state index < -0.39 is 42.3 Å². The fraction of sp³-hybridized carbons (Fsp3) is 0.526. The van der Waals surface area contributed by atoms with Crippen molar-refractivity contribution in [1.29, 1.82) is 0 Å². The molecule has 1 fully saturated rings. The van der Waals surface area contributed by atoms with Gasteiger partial charge in [0, 0.05) is 31.4 Å². The average molecular weight is 480 g/mol. The minimum absolute atomic E-state index is 0.0739. The summed E-state index contributed by atoms with van der Waals surface area (Å²) in [5, 5.41) is 5.93. The van der Waals surface area contributed by atoms with Crippen LogP contribution in [0.2, 0.25) is 0 Å². The zero-order valence-electron chi connectivity index (χ0n) is 17.3. The van der Waals surface area contributed by atoms with Gasteiger partial charge >= 0.3 is 18.2 Å². The third-order valence-corrected chi connectivity index (χ3v) is 5.80. The number of nitrogens with zero attached hydrogens (tertiary/aromatic N) is 2. The number of alkyl halides is 5. The van der Waals surface area contributed by atoms with E-state index in [0.717, 1.165) is 4.90 Å². The van der Waals surface area contributed by atoms with Crippen LogP contribution in [0.4, 0.5) is 32.6 Å². The number of piperidine rings is 1. The molecule has 0 bridgehead atoms. The van der Waals surface area contributed by atoms with Gasteiger partial charge in [0.15, 0.2) is 6.10 Å². The maximum absolute atomic E-state index is 14.7. The van der Waals surface area contributed by atoms with Crippen molar-refractivity contribution in [3.8, 4) is 0 Å². The minimum atomic E-state index is -4.78. The Labute approximate surface area is 183 Å². The van der Waals surface area contributed by atoms with E-state index in [4.69, 9.17) is 4.74 Å². The molecule has 1 saturated heterocycles. The number of nitrogens with one attached hydrogen (secondary N) is 2. The Kier molecular flexibility index (Phi) is 6.50. The monoisotopic (exact) mass is 480 g/mol. The Hall–Kier alpha value is -2.70. The van der Waals surface area contributed by atoms with Gasteiger partial charge in [0.2, 0.25) is 0 Å². The van der Waals surface area contributed by atoms with E-state index in [-0.39, 0.29) is 40.6 Å². The van der Waals surface area contributed by atoms with E-state index in [1.165, 1.54) is 12.4 Å². The number of hydrogen-bond acceptors (Lipinski definition) is 6. The number of ether oxygens (including phenoxy) is 1. The maximum atomic E-state index is 14.7. The third kappa shape index (κ3) is 4.87. The number of carbonyl (C=O) groups is 2. The Morgan fingerprint density at radius 3 is 2.59 bits per heavy atom. The number of alkyl carbamates (subject to hydrolysis) is 1. The van der Waals surface area contributed by atoms with Crippen molar-refractivity contribution in [1.82, 2.24) is 15.6 Å². The fourth-order valence-electron chi connectivity index (χ4n) is 3.32. The van der Waals surface area contributed by atoms with E-state index in [2.05, 4.69) is 15.6 Å². The van der Waals surface area contributed by atoms with Crippen LogP contribution in [-0.4, -0.2) is 55.2 Å². The highest BCUT2D eigenvalue weighted by atomic mass is 32.1. The highest BCUT2D eigenvalue weighted by Gasteiger charge is 2.48. The topological polar surface area (TPSA) is 83.6 Å². The summed E-state index contributed by atoms with van der Waals surface area (Å²) in [6.07, 6.45) is -7.82. The molecular formula is C19H21F5N4O3S. The van der Waals surface area contributed by atoms with Crippen LogP contribution in [0, 0.1) is 0 Å². The number of thiophene rings is 1. The smallest absolute Gasteiger partial charge is 0.417 e. The normalized spacial score (nSPS) is 18.7. The van der Waals surface area contributed by atoms with Crippen molar-refractivity contribution in [2.24, 2.45) is 0 Å². The molecule has 2 aromatic heterocycles. The summed E-state index contributed by atoms with van der Waals surface area (Å²) in [5.41, 5.74) is -1.34. The second-order valence-corrected chi connectivity index (χ2v) is 8.48. The molecule has 7 nitrogen and oxygen atoms in total. The summed E-state index contributed by atoms with van der Waals surface area (Å²) in [6.45, 7) is 2.16. The molecule has 0 unspecified atom stereocenters. The Morgan fingerprint density at radius 1 is 1.34 bits per heavy atom. The molecule has 1 aliphatic rings. The minimum Gasteiger partial charge on any atom is -0.440 e. The summed E-state index contributed by atoms with van der Waals surface area (Å²) < 4.78 is 75.0. The molecule has 32 heavy (non-hydrogen) atoms. The first kappa shape index (κ1) is 24.0. The number of pyridine rings is 1. The first-order valence-corrected chi connectivity index (χ1v) is 10.5. The van der Waals surface area contributed by atoms with E-state index in [1.807, 2.05) is 0 Å². The van der Waals surface area contributed by atoms with Crippen LogP contribution in [0.1, 0.15) is 36.2 Å². The van der Waals surface area contributed by atoms with Gasteiger partial charge in [-0.05, 0) is 19.9 Å². The predicted octanol–water partition coefficient (Wildman–Crippen LogP) is 4.02. The number of rotatable bonds is 4. The highest BCUT2D eigenvalue weighted by Crippen LogP contribution is 2.41. The molecule has 0 radical (unpaired) electrons. The molecule has 0 aromatic carbocycles. The fourth-order valence-corrected chi connectivity index (χ4v) is 4.35. The molecule has 0 aliphatic carbocycles. The lowest BCUT2D eigenvalue weighted by atomic mass is 10.0. The van der Waals surface area contributed by atoms with Crippen LogP contribution >= 0.6 is 11.3 Å². The number of aromatic nitrogens is 1. The van der Waals surface area contributed by atoms with Gasteiger partial charge in [-0.1, -0.05) is 0 Å². The van der Waals surface area contributed by atoms with E-state index in [1.54, 1.807) is 13.8 Å². The molecule has 176 valence electrons. The predicted molar refractivity (Wildman–Crippen MR) is 108 cm³/mol. The van der Waals surface area contributed by atoms with E-state index in [9.17, 15) is 31.5 Å². The molecule has 0 saturated carbocycles. The van der Waals surface area contributed by atoms with Gasteiger partial charge in [0.25, 0.3) is 5.91 Å². The van der Waals surface area contributed by atoms with Gasteiger partial charge in [-0.3, -0.25) is 4.79 Å². The summed E-state index contributed by atoms with van der Waals surface area (Å²) in [4.78, 5) is 28.9. The third-order valence-electron chi connectivity index (χ3n) is 4.80. The molecule has 13 heteroatoms. The van der Waals surface area contributed by atoms with Crippen LogP contribution < -0.4 is 15.5 Å². The summed E-state index contributed by atoms with van der Waals surface area (Å²) >= 11 is 0.704. The van der Waals surface area contributed by atoms with Crippen molar-refractivity contribution in [2.75, 3.05) is 25.0 Å². The summed E-state index contributed by atoms with van der Waals surface area (Å²) in [6, 6.07) is 0.392. The molecule has 2 N–H and O–H groups in total. The van der Waals surface area contributed by atoms with Crippen molar-refractivity contribution in [3.63, 3.8) is 0 Å². The van der Waals surface area contributed by atoms with Gasteiger partial charge in [0.05, 0.1) is 27.9 Å². The first-order chi connectivity index (χ1) is 14.8. The number of anilines is 1. The van der Waals surface area contributed by atoms with E-state index in [0.29, 0.717) is 17.4 Å². The summed E-state index contributed by atoms with van der Waals surface area (Å²) in [7, 11) is 1.32. The largest absolute Gasteiger partial charge is 0.440 e. The molecule has 2 amide bonds. The molecule has 1 aliphatic heterocycles. The Morgan fingerprint density at radius 2 is 2.03 bits per heavy atom. The molecule has 2 aromatic rings. The molecular weight excluding hydrogens is 459 g/mol. The molecule has 3 heterocycles. The van der Waals surface area contributed by atoms with Gasteiger partial charge in [-0.15, -0.1) is 11.3 Å². The van der Waals surface area contributed by atoms with Crippen molar-refractivity contribution >= 4 is 39.4 Å². The first-order valence-electron chi connectivity index (χ1n) is 9.65. The number of carbonyl (C=O) groups excluding carboxylic acids is 2. The lowest BCUT2D eigenvalue weighted by molar-refractivity contribution is -0.136. The lowest BCUT2D eigenvalue weighted by Crippen LogP contribution is -2.54. The second-order valence-electron chi connectivity index (χ2n) is 7.60. The van der Waals surface area contributed by atoms with E-state index >= 15 is 0 Å². The quantitative estimate of drug-likeness (QED) is 0.646. The van der Waals surface area contributed by atoms with Crippen LogP contribution in [0.25, 0.3) is 10.2 Å². The van der Waals surface area contributed by atoms with Crippen molar-refractivity contribution in [3.05, 3.63) is 22.6 Å². The SMILES string of the molecule is CNC(=O)c1csc2c(C(F)(F)F)cc(N3CC[C@H](OC(=O)NC(C)C)C(F)(F)C3)nc12. The Bertz CT molecular complexity index is 1020. The number of amides is 2. The standard InChI is InChI=1S/C19H21F5N4O3S/c1-9(2)26-17(30)31-12-4-5-28(8-18(12,20)21)13-6-11(19(22,23)24)15-14(27-13)10(7-32-15)16(29)25-3/h6-7,9,12H,4-5,8H2,1-3H3,(H,25,29)(H,26,30)/t12-/m0/s1. The van der Waals surface area contributed by atoms with Gasteiger partial charge in [0.1, 0.15) is 5.82 Å².